The summed E-state index contributed by atoms with van der Waals surface area (Å²) in [5.74, 6) is 0.155. The van der Waals surface area contributed by atoms with Crippen LogP contribution in [0.4, 0.5) is 0 Å². The molecule has 0 amide bonds. The number of carbonyl (C=O) groups excluding carboxylic acids is 1. The van der Waals surface area contributed by atoms with Gasteiger partial charge in [0.25, 0.3) is 0 Å². The van der Waals surface area contributed by atoms with Crippen molar-refractivity contribution in [3.05, 3.63) is 52.3 Å². The van der Waals surface area contributed by atoms with E-state index in [1.807, 2.05) is 44.2 Å². The van der Waals surface area contributed by atoms with Gasteiger partial charge in [-0.25, -0.2) is 0 Å². The van der Waals surface area contributed by atoms with Crippen molar-refractivity contribution in [2.75, 3.05) is 0 Å². The van der Waals surface area contributed by atoms with Gasteiger partial charge < -0.3 is 0 Å². The Morgan fingerprint density at radius 3 is 2.58 bits per heavy atom. The minimum absolute atomic E-state index is 0.155. The summed E-state index contributed by atoms with van der Waals surface area (Å²) in [6.45, 7) is 4.58. The van der Waals surface area contributed by atoms with Gasteiger partial charge in [-0.1, -0.05) is 41.9 Å². The van der Waals surface area contributed by atoms with Gasteiger partial charge in [-0.05, 0) is 19.4 Å². The summed E-state index contributed by atoms with van der Waals surface area (Å²) in [4.78, 5) is 12.1. The molecule has 0 radical (unpaired) electrons. The first-order valence-corrected chi connectivity index (χ1v) is 6.77. The minimum atomic E-state index is 0.155. The number of aryl methyl sites for hydroxylation is 2. The highest BCUT2D eigenvalue weighted by Gasteiger charge is 2.16. The number of carbonyl (C=O) groups is 1. The maximum Gasteiger partial charge on any atom is 0.143 e. The molecule has 0 aliphatic carbocycles. The Hall–Kier alpha value is -1.61. The lowest BCUT2D eigenvalue weighted by molar-refractivity contribution is -0.117. The van der Waals surface area contributed by atoms with Crippen molar-refractivity contribution < 1.29 is 4.79 Å². The third-order valence-corrected chi connectivity index (χ3v) is 3.55. The van der Waals surface area contributed by atoms with Gasteiger partial charge in [-0.3, -0.25) is 9.48 Å². The molecule has 100 valence electrons. The van der Waals surface area contributed by atoms with E-state index in [-0.39, 0.29) is 5.78 Å². The molecule has 0 aliphatic rings. The van der Waals surface area contributed by atoms with Gasteiger partial charge in [0.2, 0.25) is 0 Å². The first kappa shape index (κ1) is 13.8. The Kier molecular flexibility index (Phi) is 4.38. The lowest BCUT2D eigenvalue weighted by atomic mass is 10.1. The average molecular weight is 277 g/mol. The van der Waals surface area contributed by atoms with E-state index in [9.17, 15) is 4.79 Å². The van der Waals surface area contributed by atoms with E-state index in [0.717, 1.165) is 23.5 Å². The molecular weight excluding hydrogens is 260 g/mol. The van der Waals surface area contributed by atoms with Crippen LogP contribution in [0.3, 0.4) is 0 Å². The summed E-state index contributed by atoms with van der Waals surface area (Å²) in [5, 5.41) is 4.94. The maximum absolute atomic E-state index is 12.1. The van der Waals surface area contributed by atoms with Crippen LogP contribution in [0.5, 0.6) is 0 Å². The largest absolute Gasteiger partial charge is 0.299 e. The van der Waals surface area contributed by atoms with E-state index in [1.54, 1.807) is 4.68 Å². The zero-order chi connectivity index (χ0) is 13.8. The highest BCUT2D eigenvalue weighted by atomic mass is 35.5. The molecular formula is C15H17ClN2O. The van der Waals surface area contributed by atoms with Crippen molar-refractivity contribution in [2.45, 2.75) is 33.2 Å². The van der Waals surface area contributed by atoms with Gasteiger partial charge in [0, 0.05) is 13.0 Å². The summed E-state index contributed by atoms with van der Waals surface area (Å²) in [5.41, 5.74) is 2.64. The predicted octanol–water partition coefficient (Wildman–Crippen LogP) is 3.22. The average Bonchev–Trinajstić information content (AvgIpc) is 2.67. The molecule has 2 rings (SSSR count). The fraction of sp³-hybridized carbons (Fsp3) is 0.333. The van der Waals surface area contributed by atoms with E-state index in [1.165, 1.54) is 0 Å². The molecule has 0 atom stereocenters. The second kappa shape index (κ2) is 6.02. The molecule has 1 aromatic heterocycles. The number of Topliss-reactive ketones (excluding diaryl/α,β-unsaturated/α-hetero) is 1. The number of halogens is 1. The fourth-order valence-corrected chi connectivity index (χ4v) is 2.31. The lowest BCUT2D eigenvalue weighted by Gasteiger charge is -2.05. The van der Waals surface area contributed by atoms with Crippen molar-refractivity contribution in [2.24, 2.45) is 0 Å². The Labute approximate surface area is 118 Å². The molecule has 0 saturated heterocycles. The van der Waals surface area contributed by atoms with E-state index >= 15 is 0 Å². The molecule has 0 bridgehead atoms. The second-order valence-corrected chi connectivity index (χ2v) is 4.92. The Balaban J connectivity index is 2.11. The summed E-state index contributed by atoms with van der Waals surface area (Å²) in [7, 11) is 0. The van der Waals surface area contributed by atoms with E-state index in [2.05, 4.69) is 5.10 Å². The summed E-state index contributed by atoms with van der Waals surface area (Å²) in [6, 6.07) is 9.75. The topological polar surface area (TPSA) is 34.9 Å². The van der Waals surface area contributed by atoms with Crippen LogP contribution in [0, 0.1) is 6.92 Å². The molecule has 0 aliphatic heterocycles. The van der Waals surface area contributed by atoms with Crippen LogP contribution in [-0.4, -0.2) is 15.6 Å². The number of nitrogens with zero attached hydrogens (tertiary/aromatic N) is 2. The normalized spacial score (nSPS) is 10.7. The predicted molar refractivity (Wildman–Crippen MR) is 76.5 cm³/mol. The summed E-state index contributed by atoms with van der Waals surface area (Å²) >= 11 is 6.20. The van der Waals surface area contributed by atoms with Gasteiger partial charge >= 0.3 is 0 Å². The molecule has 0 fully saturated rings. The van der Waals surface area contributed by atoms with Crippen LogP contribution in [0.25, 0.3) is 0 Å². The number of hydrogen-bond donors (Lipinski definition) is 0. The van der Waals surface area contributed by atoms with Crippen molar-refractivity contribution in [3.63, 3.8) is 0 Å². The third kappa shape index (κ3) is 3.24. The van der Waals surface area contributed by atoms with Crippen molar-refractivity contribution in [1.82, 2.24) is 9.78 Å². The zero-order valence-electron chi connectivity index (χ0n) is 11.2. The van der Waals surface area contributed by atoms with Gasteiger partial charge in [0.15, 0.2) is 0 Å². The SMILES string of the molecule is CCn1nc(C)c(Cl)c1CC(=O)Cc1ccccc1. The van der Waals surface area contributed by atoms with E-state index < -0.39 is 0 Å². The summed E-state index contributed by atoms with van der Waals surface area (Å²) in [6.07, 6.45) is 0.771. The maximum atomic E-state index is 12.1. The monoisotopic (exact) mass is 276 g/mol. The first-order chi connectivity index (χ1) is 9.11. The van der Waals surface area contributed by atoms with Crippen molar-refractivity contribution in [3.8, 4) is 0 Å². The first-order valence-electron chi connectivity index (χ1n) is 6.39. The quantitative estimate of drug-likeness (QED) is 0.840. The Morgan fingerprint density at radius 1 is 1.26 bits per heavy atom. The van der Waals surface area contributed by atoms with E-state index in [0.29, 0.717) is 17.9 Å². The number of ketones is 1. The molecule has 0 N–H and O–H groups in total. The number of rotatable bonds is 5. The Bertz CT molecular complexity index is 575. The van der Waals surface area contributed by atoms with Gasteiger partial charge in [-0.15, -0.1) is 0 Å². The molecule has 3 nitrogen and oxygen atoms in total. The van der Waals surface area contributed by atoms with Crippen molar-refractivity contribution >= 4 is 17.4 Å². The summed E-state index contributed by atoms with van der Waals surface area (Å²) < 4.78 is 1.81. The molecule has 1 aromatic carbocycles. The minimum Gasteiger partial charge on any atom is -0.299 e. The Morgan fingerprint density at radius 2 is 1.95 bits per heavy atom. The lowest BCUT2D eigenvalue weighted by Crippen LogP contribution is -2.11. The van der Waals surface area contributed by atoms with Gasteiger partial charge in [0.1, 0.15) is 5.78 Å². The smallest absolute Gasteiger partial charge is 0.143 e. The zero-order valence-corrected chi connectivity index (χ0v) is 11.9. The molecule has 0 saturated carbocycles. The molecule has 2 aromatic rings. The highest BCUT2D eigenvalue weighted by molar-refractivity contribution is 6.32. The molecule has 4 heteroatoms. The van der Waals surface area contributed by atoms with Crippen LogP contribution < -0.4 is 0 Å². The van der Waals surface area contributed by atoms with Crippen LogP contribution in [0.1, 0.15) is 23.9 Å². The molecule has 0 spiro atoms. The number of benzene rings is 1. The van der Waals surface area contributed by atoms with E-state index in [4.69, 9.17) is 11.6 Å². The van der Waals surface area contributed by atoms with Crippen LogP contribution >= 0.6 is 11.6 Å². The molecule has 1 heterocycles. The molecule has 0 unspecified atom stereocenters. The second-order valence-electron chi connectivity index (χ2n) is 4.54. The third-order valence-electron chi connectivity index (χ3n) is 3.06. The highest BCUT2D eigenvalue weighted by Crippen LogP contribution is 2.21. The van der Waals surface area contributed by atoms with Crippen LogP contribution in [-0.2, 0) is 24.2 Å². The van der Waals surface area contributed by atoms with Crippen LogP contribution in [0.2, 0.25) is 5.02 Å². The number of hydrogen-bond acceptors (Lipinski definition) is 2. The number of aromatic nitrogens is 2. The van der Waals surface area contributed by atoms with Crippen molar-refractivity contribution in [1.29, 1.82) is 0 Å². The standard InChI is InChI=1S/C15H17ClN2O/c1-3-18-14(15(16)11(2)17-18)10-13(19)9-12-7-5-4-6-8-12/h4-8H,3,9-10H2,1-2H3. The van der Waals surface area contributed by atoms with Crippen LogP contribution in [0.15, 0.2) is 30.3 Å². The van der Waals surface area contributed by atoms with Gasteiger partial charge in [0.05, 0.1) is 22.8 Å². The fourth-order valence-electron chi connectivity index (χ4n) is 2.11. The van der Waals surface area contributed by atoms with Gasteiger partial charge in [-0.2, -0.15) is 5.10 Å². The molecule has 19 heavy (non-hydrogen) atoms.